The lowest BCUT2D eigenvalue weighted by Crippen LogP contribution is -2.50. The first-order chi connectivity index (χ1) is 12.0. The van der Waals surface area contributed by atoms with E-state index in [1.807, 2.05) is 6.92 Å². The van der Waals surface area contributed by atoms with Crippen molar-refractivity contribution in [3.8, 4) is 0 Å². The van der Waals surface area contributed by atoms with Crippen molar-refractivity contribution in [1.29, 1.82) is 0 Å². The first kappa shape index (κ1) is 19.3. The maximum Gasteiger partial charge on any atom is 0.220 e. The van der Waals surface area contributed by atoms with E-state index in [4.69, 9.17) is 0 Å². The molecule has 1 heterocycles. The number of benzene rings is 1. The van der Waals surface area contributed by atoms with Crippen LogP contribution in [0.4, 0.5) is 8.78 Å². The van der Waals surface area contributed by atoms with Crippen molar-refractivity contribution in [2.24, 2.45) is 0 Å². The highest BCUT2D eigenvalue weighted by Crippen LogP contribution is 2.27. The molecule has 0 radical (unpaired) electrons. The van der Waals surface area contributed by atoms with Crippen molar-refractivity contribution in [1.82, 2.24) is 16.0 Å². The summed E-state index contributed by atoms with van der Waals surface area (Å²) >= 11 is 0. The second kappa shape index (κ2) is 9.46. The van der Waals surface area contributed by atoms with Crippen molar-refractivity contribution < 1.29 is 18.4 Å². The molecule has 1 aromatic carbocycles. The molecular formula is C18H25F2N3O2. The van der Waals surface area contributed by atoms with E-state index >= 15 is 0 Å². The van der Waals surface area contributed by atoms with Crippen molar-refractivity contribution in [3.05, 3.63) is 35.4 Å². The molecule has 0 aliphatic carbocycles. The van der Waals surface area contributed by atoms with Crippen molar-refractivity contribution in [3.63, 3.8) is 0 Å². The van der Waals surface area contributed by atoms with Crippen LogP contribution in [-0.4, -0.2) is 37.5 Å². The number of carbonyl (C=O) groups is 2. The summed E-state index contributed by atoms with van der Waals surface area (Å²) < 4.78 is 26.7. The Hall–Kier alpha value is -2.02. The Morgan fingerprint density at radius 1 is 1.20 bits per heavy atom. The van der Waals surface area contributed by atoms with Gasteiger partial charge >= 0.3 is 0 Å². The predicted molar refractivity (Wildman–Crippen MR) is 91.1 cm³/mol. The summed E-state index contributed by atoms with van der Waals surface area (Å²) in [6.45, 7) is 3.76. The number of nitrogens with one attached hydrogen (secondary N) is 3. The fourth-order valence-corrected chi connectivity index (χ4v) is 3.13. The molecule has 0 spiro atoms. The first-order valence-corrected chi connectivity index (χ1v) is 8.73. The van der Waals surface area contributed by atoms with Gasteiger partial charge in [0.05, 0.1) is 0 Å². The Morgan fingerprint density at radius 3 is 2.68 bits per heavy atom. The van der Waals surface area contributed by atoms with E-state index in [1.54, 1.807) is 6.07 Å². The molecule has 0 bridgehead atoms. The molecule has 0 saturated carbocycles. The van der Waals surface area contributed by atoms with Crippen molar-refractivity contribution >= 4 is 11.8 Å². The molecule has 2 rings (SSSR count). The molecule has 0 aromatic heterocycles. The smallest absolute Gasteiger partial charge is 0.220 e. The Balaban J connectivity index is 1.90. The molecule has 2 amide bonds. The zero-order valence-electron chi connectivity index (χ0n) is 14.4. The molecule has 5 nitrogen and oxygen atoms in total. The second-order valence-electron chi connectivity index (χ2n) is 6.25. The van der Waals surface area contributed by atoms with Gasteiger partial charge in [0.1, 0.15) is 0 Å². The van der Waals surface area contributed by atoms with Gasteiger partial charge in [0, 0.05) is 37.9 Å². The molecule has 1 fully saturated rings. The van der Waals surface area contributed by atoms with Crippen LogP contribution >= 0.6 is 0 Å². The number of halogens is 2. The van der Waals surface area contributed by atoms with Crippen molar-refractivity contribution in [2.45, 2.75) is 44.6 Å². The third-order valence-corrected chi connectivity index (χ3v) is 4.38. The summed E-state index contributed by atoms with van der Waals surface area (Å²) in [6, 6.07) is 3.72. The van der Waals surface area contributed by atoms with Crippen LogP contribution < -0.4 is 16.0 Å². The number of rotatable bonds is 7. The fourth-order valence-electron chi connectivity index (χ4n) is 3.13. The van der Waals surface area contributed by atoms with Gasteiger partial charge in [0.25, 0.3) is 0 Å². The van der Waals surface area contributed by atoms with Crippen LogP contribution in [0.2, 0.25) is 0 Å². The van der Waals surface area contributed by atoms with Crippen LogP contribution in [0.3, 0.4) is 0 Å². The van der Waals surface area contributed by atoms with Crippen LogP contribution in [0.15, 0.2) is 18.2 Å². The van der Waals surface area contributed by atoms with Gasteiger partial charge in [0.2, 0.25) is 11.8 Å². The highest BCUT2D eigenvalue weighted by Gasteiger charge is 2.28. The minimum atomic E-state index is -0.872. The van der Waals surface area contributed by atoms with E-state index in [-0.39, 0.29) is 30.2 Å². The molecular weight excluding hydrogens is 328 g/mol. The fraction of sp³-hybridized carbons (Fsp3) is 0.556. The average molecular weight is 353 g/mol. The van der Waals surface area contributed by atoms with Crippen LogP contribution in [0.5, 0.6) is 0 Å². The largest absolute Gasteiger partial charge is 0.356 e. The predicted octanol–water partition coefficient (Wildman–Crippen LogP) is 1.83. The quantitative estimate of drug-likeness (QED) is 0.700. The number of amides is 2. The van der Waals surface area contributed by atoms with Gasteiger partial charge in [-0.15, -0.1) is 0 Å². The van der Waals surface area contributed by atoms with Crippen molar-refractivity contribution in [2.75, 3.05) is 19.6 Å². The molecule has 1 aliphatic heterocycles. The minimum absolute atomic E-state index is 0.0608. The van der Waals surface area contributed by atoms with Gasteiger partial charge in [-0.3, -0.25) is 9.59 Å². The Bertz CT molecular complexity index is 610. The van der Waals surface area contributed by atoms with E-state index in [0.717, 1.165) is 19.0 Å². The normalized spacial score (nSPS) is 20.1. The molecule has 1 aromatic rings. The topological polar surface area (TPSA) is 70.2 Å². The van der Waals surface area contributed by atoms with Gasteiger partial charge in [-0.2, -0.15) is 0 Å². The molecule has 25 heavy (non-hydrogen) atoms. The second-order valence-corrected chi connectivity index (χ2v) is 6.25. The van der Waals surface area contributed by atoms with Gasteiger partial charge in [-0.05, 0) is 44.0 Å². The lowest BCUT2D eigenvalue weighted by molar-refractivity contribution is -0.123. The summed E-state index contributed by atoms with van der Waals surface area (Å²) in [6.07, 6.45) is 1.79. The number of hydrogen-bond acceptors (Lipinski definition) is 3. The molecule has 3 N–H and O–H groups in total. The Kier molecular flexibility index (Phi) is 7.31. The van der Waals surface area contributed by atoms with E-state index in [2.05, 4.69) is 16.0 Å². The molecule has 2 unspecified atom stereocenters. The summed E-state index contributed by atoms with van der Waals surface area (Å²) in [7, 11) is 0. The molecule has 1 aliphatic rings. The zero-order chi connectivity index (χ0) is 18.2. The third kappa shape index (κ3) is 5.77. The number of carbonyl (C=O) groups excluding carboxylic acids is 2. The zero-order valence-corrected chi connectivity index (χ0v) is 14.4. The van der Waals surface area contributed by atoms with Crippen LogP contribution in [-0.2, 0) is 9.59 Å². The SMILES string of the molecule is CCNC(=O)CCCC(=O)NC1CNCCC1c1ccc(F)c(F)c1. The molecule has 138 valence electrons. The van der Waals surface area contributed by atoms with E-state index in [9.17, 15) is 18.4 Å². The summed E-state index contributed by atoms with van der Waals surface area (Å²) in [5, 5.41) is 8.86. The van der Waals surface area contributed by atoms with Crippen LogP contribution in [0.1, 0.15) is 44.1 Å². The standard InChI is InChI=1S/C18H25F2N3O2/c1-2-22-17(24)4-3-5-18(25)23-16-11-21-9-8-13(16)12-6-7-14(19)15(20)10-12/h6-7,10,13,16,21H,2-5,8-9,11H2,1H3,(H,22,24)(H,23,25). The lowest BCUT2D eigenvalue weighted by Gasteiger charge is -2.33. The van der Waals surface area contributed by atoms with E-state index in [0.29, 0.717) is 31.5 Å². The minimum Gasteiger partial charge on any atom is -0.356 e. The number of piperidine rings is 1. The summed E-state index contributed by atoms with van der Waals surface area (Å²) in [5.74, 6) is -2.00. The average Bonchev–Trinajstić information content (AvgIpc) is 2.58. The Labute approximate surface area is 146 Å². The van der Waals surface area contributed by atoms with Gasteiger partial charge < -0.3 is 16.0 Å². The molecule has 7 heteroatoms. The molecule has 1 saturated heterocycles. The highest BCUT2D eigenvalue weighted by molar-refractivity contribution is 5.79. The summed E-state index contributed by atoms with van der Waals surface area (Å²) in [4.78, 5) is 23.5. The number of hydrogen-bond donors (Lipinski definition) is 3. The highest BCUT2D eigenvalue weighted by atomic mass is 19.2. The third-order valence-electron chi connectivity index (χ3n) is 4.38. The van der Waals surface area contributed by atoms with E-state index < -0.39 is 11.6 Å². The lowest BCUT2D eigenvalue weighted by atomic mass is 9.86. The van der Waals surface area contributed by atoms with Crippen LogP contribution in [0.25, 0.3) is 0 Å². The van der Waals surface area contributed by atoms with Gasteiger partial charge in [-0.1, -0.05) is 6.07 Å². The summed E-state index contributed by atoms with van der Waals surface area (Å²) in [5.41, 5.74) is 0.688. The maximum atomic E-state index is 13.5. The van der Waals surface area contributed by atoms with Gasteiger partial charge in [0.15, 0.2) is 11.6 Å². The molecule has 2 atom stereocenters. The van der Waals surface area contributed by atoms with Gasteiger partial charge in [-0.25, -0.2) is 8.78 Å². The van der Waals surface area contributed by atoms with E-state index in [1.165, 1.54) is 6.07 Å². The first-order valence-electron chi connectivity index (χ1n) is 8.73. The maximum absolute atomic E-state index is 13.5. The Morgan fingerprint density at radius 2 is 1.96 bits per heavy atom. The van der Waals surface area contributed by atoms with Crippen LogP contribution in [0, 0.1) is 11.6 Å². The monoisotopic (exact) mass is 353 g/mol.